The van der Waals surface area contributed by atoms with E-state index in [1.54, 1.807) is 0 Å². The van der Waals surface area contributed by atoms with Gasteiger partial charge in [-0.2, -0.15) is 18.3 Å². The van der Waals surface area contributed by atoms with E-state index in [1.165, 1.54) is 23.7 Å². The number of alkyl halides is 3. The first-order valence-corrected chi connectivity index (χ1v) is 5.90. The van der Waals surface area contributed by atoms with E-state index in [-0.39, 0.29) is 0 Å². The normalized spacial score (nSPS) is 21.0. The summed E-state index contributed by atoms with van der Waals surface area (Å²) in [6.45, 7) is 1.61. The number of rotatable bonds is 4. The molecule has 0 amide bonds. The van der Waals surface area contributed by atoms with Gasteiger partial charge in [-0.15, -0.1) is 0 Å². The number of halogens is 3. The number of aryl methyl sites for hydroxylation is 1. The molecule has 1 atom stereocenters. The van der Waals surface area contributed by atoms with Crippen LogP contribution in [0.2, 0.25) is 0 Å². The third kappa shape index (κ3) is 3.46. The first kappa shape index (κ1) is 12.4. The predicted octanol–water partition coefficient (Wildman–Crippen LogP) is 2.43. The second-order valence-corrected chi connectivity index (χ2v) is 4.40. The molecule has 2 heterocycles. The molecular weight excluding hydrogens is 231 g/mol. The second-order valence-electron chi connectivity index (χ2n) is 4.40. The fourth-order valence-electron chi connectivity index (χ4n) is 2.14. The molecule has 1 aliphatic heterocycles. The van der Waals surface area contributed by atoms with Crippen molar-refractivity contribution in [2.45, 2.75) is 44.4 Å². The maximum absolute atomic E-state index is 12.3. The molecular formula is C11H16F3N3. The van der Waals surface area contributed by atoms with Gasteiger partial charge < -0.3 is 5.32 Å². The van der Waals surface area contributed by atoms with Gasteiger partial charge in [-0.1, -0.05) is 0 Å². The van der Waals surface area contributed by atoms with Crippen LogP contribution < -0.4 is 5.32 Å². The van der Waals surface area contributed by atoms with Crippen LogP contribution in [-0.2, 0) is 12.7 Å². The minimum Gasteiger partial charge on any atom is -0.314 e. The quantitative estimate of drug-likeness (QED) is 0.885. The maximum Gasteiger partial charge on any atom is 0.435 e. The summed E-state index contributed by atoms with van der Waals surface area (Å²) in [6.07, 6.45) is 1.29. The highest BCUT2D eigenvalue weighted by Crippen LogP contribution is 2.27. The number of hydrogen-bond acceptors (Lipinski definition) is 2. The van der Waals surface area contributed by atoms with E-state index in [1.807, 2.05) is 0 Å². The molecule has 1 saturated heterocycles. The lowest BCUT2D eigenvalue weighted by Crippen LogP contribution is -2.21. The molecule has 0 saturated carbocycles. The molecule has 3 nitrogen and oxygen atoms in total. The lowest BCUT2D eigenvalue weighted by Gasteiger charge is -2.09. The fraction of sp³-hybridized carbons (Fsp3) is 0.727. The molecule has 1 fully saturated rings. The van der Waals surface area contributed by atoms with Gasteiger partial charge in [0.25, 0.3) is 0 Å². The number of hydrogen-bond donors (Lipinski definition) is 1. The van der Waals surface area contributed by atoms with Gasteiger partial charge >= 0.3 is 6.18 Å². The Hall–Kier alpha value is -1.04. The highest BCUT2D eigenvalue weighted by atomic mass is 19.4. The predicted molar refractivity (Wildman–Crippen MR) is 57.5 cm³/mol. The Morgan fingerprint density at radius 2 is 2.29 bits per heavy atom. The zero-order valence-corrected chi connectivity index (χ0v) is 9.50. The van der Waals surface area contributed by atoms with Crippen LogP contribution in [0.15, 0.2) is 12.3 Å². The molecule has 0 spiro atoms. The molecule has 1 aliphatic rings. The third-order valence-electron chi connectivity index (χ3n) is 3.03. The zero-order chi connectivity index (χ0) is 12.3. The average molecular weight is 247 g/mol. The topological polar surface area (TPSA) is 29.9 Å². The Balaban J connectivity index is 1.77. The fourth-order valence-corrected chi connectivity index (χ4v) is 2.14. The van der Waals surface area contributed by atoms with E-state index in [2.05, 4.69) is 10.4 Å². The largest absolute Gasteiger partial charge is 0.435 e. The zero-order valence-electron chi connectivity index (χ0n) is 9.50. The molecule has 6 heteroatoms. The van der Waals surface area contributed by atoms with Gasteiger partial charge in [-0.25, -0.2) is 0 Å². The van der Waals surface area contributed by atoms with Crippen molar-refractivity contribution in [3.8, 4) is 0 Å². The van der Waals surface area contributed by atoms with E-state index >= 15 is 0 Å². The molecule has 0 radical (unpaired) electrons. The lowest BCUT2D eigenvalue weighted by molar-refractivity contribution is -0.141. The first-order chi connectivity index (χ1) is 8.05. The molecule has 96 valence electrons. The lowest BCUT2D eigenvalue weighted by atomic mass is 10.1. The van der Waals surface area contributed by atoms with Gasteiger partial charge in [0.15, 0.2) is 5.69 Å². The standard InChI is InChI=1S/C11H16F3N3/c12-11(13,14)10-5-8-17(16-10)7-2-4-9-3-1-6-15-9/h5,8-9,15H,1-4,6-7H2. The Morgan fingerprint density at radius 1 is 1.47 bits per heavy atom. The highest BCUT2D eigenvalue weighted by molar-refractivity contribution is 5.03. The first-order valence-electron chi connectivity index (χ1n) is 5.90. The van der Waals surface area contributed by atoms with Crippen molar-refractivity contribution in [3.05, 3.63) is 18.0 Å². The monoisotopic (exact) mass is 247 g/mol. The Morgan fingerprint density at radius 3 is 2.88 bits per heavy atom. The van der Waals surface area contributed by atoms with Crippen LogP contribution in [0.3, 0.4) is 0 Å². The molecule has 1 aromatic rings. The Kier molecular flexibility index (Phi) is 3.71. The minimum atomic E-state index is -4.34. The number of aromatic nitrogens is 2. The van der Waals surface area contributed by atoms with Crippen molar-refractivity contribution < 1.29 is 13.2 Å². The van der Waals surface area contributed by atoms with E-state index in [4.69, 9.17) is 0 Å². The summed E-state index contributed by atoms with van der Waals surface area (Å²) in [5.74, 6) is 0. The SMILES string of the molecule is FC(F)(F)c1ccn(CCCC2CCCN2)n1. The van der Waals surface area contributed by atoms with Gasteiger partial charge in [0.1, 0.15) is 0 Å². The van der Waals surface area contributed by atoms with E-state index in [9.17, 15) is 13.2 Å². The van der Waals surface area contributed by atoms with Crippen molar-refractivity contribution in [1.29, 1.82) is 0 Å². The number of nitrogens with zero attached hydrogens (tertiary/aromatic N) is 2. The Labute approximate surface area is 98.0 Å². The van der Waals surface area contributed by atoms with Crippen molar-refractivity contribution in [1.82, 2.24) is 15.1 Å². The van der Waals surface area contributed by atoms with Crippen molar-refractivity contribution >= 4 is 0 Å². The van der Waals surface area contributed by atoms with Crippen LogP contribution in [-0.4, -0.2) is 22.4 Å². The van der Waals surface area contributed by atoms with Gasteiger partial charge in [-0.05, 0) is 38.3 Å². The molecule has 1 unspecified atom stereocenters. The minimum absolute atomic E-state index is 0.535. The molecule has 17 heavy (non-hydrogen) atoms. The van der Waals surface area contributed by atoms with E-state index in [0.717, 1.165) is 25.5 Å². The van der Waals surface area contributed by atoms with Gasteiger partial charge in [0.2, 0.25) is 0 Å². The summed E-state index contributed by atoms with van der Waals surface area (Å²) < 4.78 is 38.2. The molecule has 2 rings (SSSR count). The Bertz CT molecular complexity index is 353. The third-order valence-corrected chi connectivity index (χ3v) is 3.03. The average Bonchev–Trinajstić information content (AvgIpc) is 2.86. The molecule has 0 aromatic carbocycles. The van der Waals surface area contributed by atoms with Crippen molar-refractivity contribution in [2.75, 3.05) is 6.54 Å². The summed E-state index contributed by atoms with van der Waals surface area (Å²) in [7, 11) is 0. The van der Waals surface area contributed by atoms with Crippen molar-refractivity contribution in [2.24, 2.45) is 0 Å². The van der Waals surface area contributed by atoms with Crippen molar-refractivity contribution in [3.63, 3.8) is 0 Å². The summed E-state index contributed by atoms with van der Waals surface area (Å²) in [4.78, 5) is 0. The van der Waals surface area contributed by atoms with Crippen LogP contribution in [0, 0.1) is 0 Å². The van der Waals surface area contributed by atoms with Gasteiger partial charge in [-0.3, -0.25) is 4.68 Å². The summed E-state index contributed by atoms with van der Waals surface area (Å²) in [5, 5.41) is 6.88. The highest BCUT2D eigenvalue weighted by Gasteiger charge is 2.33. The van der Waals surface area contributed by atoms with Gasteiger partial charge in [0.05, 0.1) is 0 Å². The molecule has 0 aliphatic carbocycles. The van der Waals surface area contributed by atoms with Gasteiger partial charge in [0, 0.05) is 18.8 Å². The van der Waals surface area contributed by atoms with Crippen LogP contribution in [0.25, 0.3) is 0 Å². The van der Waals surface area contributed by atoms with Crippen LogP contribution in [0.5, 0.6) is 0 Å². The molecule has 1 N–H and O–H groups in total. The summed E-state index contributed by atoms with van der Waals surface area (Å²) >= 11 is 0. The summed E-state index contributed by atoms with van der Waals surface area (Å²) in [6, 6.07) is 1.56. The molecule has 0 bridgehead atoms. The molecule has 1 aromatic heterocycles. The second kappa shape index (κ2) is 5.08. The van der Waals surface area contributed by atoms with Crippen LogP contribution in [0.4, 0.5) is 13.2 Å². The maximum atomic E-state index is 12.3. The van der Waals surface area contributed by atoms with E-state index in [0.29, 0.717) is 12.6 Å². The van der Waals surface area contributed by atoms with Crippen LogP contribution in [0.1, 0.15) is 31.4 Å². The van der Waals surface area contributed by atoms with E-state index < -0.39 is 11.9 Å². The summed E-state index contributed by atoms with van der Waals surface area (Å²) in [5.41, 5.74) is -0.809. The number of nitrogens with one attached hydrogen (secondary N) is 1. The smallest absolute Gasteiger partial charge is 0.314 e. The van der Waals surface area contributed by atoms with Crippen LogP contribution >= 0.6 is 0 Å².